The Bertz CT molecular complexity index is 1020. The fraction of sp³-hybridized carbons (Fsp3) is 0.200. The van der Waals surface area contributed by atoms with Crippen molar-refractivity contribution >= 4 is 12.1 Å². The maximum atomic E-state index is 12.3. The second-order valence-corrected chi connectivity index (χ2v) is 7.54. The average molecular weight is 383 g/mol. The highest BCUT2D eigenvalue weighted by atomic mass is 16.2. The number of amides is 1. The monoisotopic (exact) mass is 383 g/mol. The summed E-state index contributed by atoms with van der Waals surface area (Å²) in [6, 6.07) is 24.4. The van der Waals surface area contributed by atoms with Gasteiger partial charge in [0.15, 0.2) is 0 Å². The zero-order valence-corrected chi connectivity index (χ0v) is 16.6. The Balaban J connectivity index is 1.32. The Morgan fingerprint density at radius 3 is 2.62 bits per heavy atom. The van der Waals surface area contributed by atoms with Crippen LogP contribution >= 0.6 is 0 Å². The third kappa shape index (κ3) is 4.98. The lowest BCUT2D eigenvalue weighted by Gasteiger charge is -2.28. The lowest BCUT2D eigenvalue weighted by atomic mass is 9.99. The molecule has 4 nitrogen and oxygen atoms in total. The molecule has 0 saturated heterocycles. The van der Waals surface area contributed by atoms with Crippen molar-refractivity contribution in [2.24, 2.45) is 5.10 Å². The van der Waals surface area contributed by atoms with Gasteiger partial charge >= 0.3 is 0 Å². The zero-order chi connectivity index (χ0) is 20.1. The molecule has 1 heterocycles. The number of aryl methyl sites for hydroxylation is 1. The number of carbonyl (C=O) groups is 1. The summed E-state index contributed by atoms with van der Waals surface area (Å²) in [6.45, 7) is 4.96. The maximum absolute atomic E-state index is 12.3. The van der Waals surface area contributed by atoms with Crippen LogP contribution in [0.2, 0.25) is 0 Å². The molecular weight excluding hydrogens is 358 g/mol. The summed E-state index contributed by atoms with van der Waals surface area (Å²) >= 11 is 0. The number of hydrogen-bond donors (Lipinski definition) is 1. The Labute approximate surface area is 171 Å². The normalized spacial score (nSPS) is 14.0. The van der Waals surface area contributed by atoms with Crippen molar-refractivity contribution in [3.63, 3.8) is 0 Å². The molecular formula is C25H25N3O. The van der Waals surface area contributed by atoms with Gasteiger partial charge in [0.1, 0.15) is 0 Å². The minimum absolute atomic E-state index is 0.202. The second-order valence-electron chi connectivity index (χ2n) is 7.54. The number of benzene rings is 3. The molecule has 1 aliphatic heterocycles. The Kier molecular flexibility index (Phi) is 5.82. The van der Waals surface area contributed by atoms with Crippen LogP contribution in [0.1, 0.15) is 38.2 Å². The quantitative estimate of drug-likeness (QED) is 0.527. The van der Waals surface area contributed by atoms with Crippen LogP contribution in [-0.4, -0.2) is 23.6 Å². The van der Waals surface area contributed by atoms with Gasteiger partial charge in [-0.3, -0.25) is 9.69 Å². The van der Waals surface area contributed by atoms with Gasteiger partial charge in [-0.25, -0.2) is 5.43 Å². The van der Waals surface area contributed by atoms with Crippen molar-refractivity contribution in [3.8, 4) is 0 Å². The molecule has 0 fully saturated rings. The highest BCUT2D eigenvalue weighted by Gasteiger charge is 2.15. The molecule has 0 aromatic heterocycles. The van der Waals surface area contributed by atoms with E-state index in [1.807, 2.05) is 55.5 Å². The van der Waals surface area contributed by atoms with Crippen LogP contribution in [0.3, 0.4) is 0 Å². The van der Waals surface area contributed by atoms with Gasteiger partial charge in [-0.2, -0.15) is 5.10 Å². The van der Waals surface area contributed by atoms with E-state index in [4.69, 9.17) is 0 Å². The zero-order valence-electron chi connectivity index (χ0n) is 16.6. The van der Waals surface area contributed by atoms with Crippen LogP contribution in [0, 0.1) is 6.92 Å². The third-order valence-electron chi connectivity index (χ3n) is 5.25. The predicted octanol–water partition coefficient (Wildman–Crippen LogP) is 4.32. The molecule has 3 aromatic rings. The van der Waals surface area contributed by atoms with Crippen molar-refractivity contribution in [2.45, 2.75) is 26.4 Å². The van der Waals surface area contributed by atoms with Crippen molar-refractivity contribution < 1.29 is 4.79 Å². The first-order valence-corrected chi connectivity index (χ1v) is 9.95. The first-order valence-electron chi connectivity index (χ1n) is 9.95. The largest absolute Gasteiger partial charge is 0.294 e. The molecule has 0 atom stereocenters. The fourth-order valence-corrected chi connectivity index (χ4v) is 3.69. The van der Waals surface area contributed by atoms with Crippen LogP contribution < -0.4 is 5.43 Å². The highest BCUT2D eigenvalue weighted by molar-refractivity contribution is 5.94. The van der Waals surface area contributed by atoms with Crippen molar-refractivity contribution in [1.82, 2.24) is 10.3 Å². The molecule has 1 aliphatic rings. The minimum atomic E-state index is -0.202. The minimum Gasteiger partial charge on any atom is -0.294 e. The summed E-state index contributed by atoms with van der Waals surface area (Å²) in [5.41, 5.74) is 9.42. The maximum Gasteiger partial charge on any atom is 0.271 e. The molecule has 0 spiro atoms. The molecule has 1 amide bonds. The van der Waals surface area contributed by atoms with E-state index < -0.39 is 0 Å². The van der Waals surface area contributed by atoms with Gasteiger partial charge in [-0.15, -0.1) is 0 Å². The van der Waals surface area contributed by atoms with Crippen molar-refractivity contribution in [1.29, 1.82) is 0 Å². The van der Waals surface area contributed by atoms with E-state index in [0.29, 0.717) is 5.56 Å². The first-order chi connectivity index (χ1) is 14.2. The van der Waals surface area contributed by atoms with Gasteiger partial charge in [0.2, 0.25) is 0 Å². The Morgan fingerprint density at radius 1 is 1.03 bits per heavy atom. The second kappa shape index (κ2) is 8.84. The number of nitrogens with zero attached hydrogens (tertiary/aromatic N) is 2. The summed E-state index contributed by atoms with van der Waals surface area (Å²) in [4.78, 5) is 14.8. The molecule has 0 unspecified atom stereocenters. The molecule has 3 aromatic carbocycles. The SMILES string of the molecule is Cc1cccc(/C=N\NC(=O)c2ccc(CN3CCc4ccccc4C3)cc2)c1. The predicted molar refractivity (Wildman–Crippen MR) is 117 cm³/mol. The lowest BCUT2D eigenvalue weighted by molar-refractivity contribution is 0.0955. The van der Waals surface area contributed by atoms with E-state index in [0.717, 1.165) is 37.2 Å². The molecule has 0 aliphatic carbocycles. The average Bonchev–Trinajstić information content (AvgIpc) is 2.74. The number of hydrazone groups is 1. The summed E-state index contributed by atoms with van der Waals surface area (Å²) in [6.07, 6.45) is 2.75. The van der Waals surface area contributed by atoms with Gasteiger partial charge in [-0.05, 0) is 47.7 Å². The summed E-state index contributed by atoms with van der Waals surface area (Å²) in [5.74, 6) is -0.202. The molecule has 0 bridgehead atoms. The Hall–Kier alpha value is -3.24. The molecule has 1 N–H and O–H groups in total. The van der Waals surface area contributed by atoms with E-state index in [2.05, 4.69) is 39.7 Å². The van der Waals surface area contributed by atoms with Crippen LogP contribution in [0.4, 0.5) is 0 Å². The van der Waals surface area contributed by atoms with Crippen molar-refractivity contribution in [2.75, 3.05) is 6.54 Å². The van der Waals surface area contributed by atoms with Crippen LogP contribution in [0.15, 0.2) is 77.9 Å². The highest BCUT2D eigenvalue weighted by Crippen LogP contribution is 2.20. The summed E-state index contributed by atoms with van der Waals surface area (Å²) in [7, 11) is 0. The molecule has 4 rings (SSSR count). The molecule has 0 radical (unpaired) electrons. The van der Waals surface area contributed by atoms with Gasteiger partial charge < -0.3 is 0 Å². The molecule has 29 heavy (non-hydrogen) atoms. The van der Waals surface area contributed by atoms with Gasteiger partial charge in [-0.1, -0.05) is 66.2 Å². The van der Waals surface area contributed by atoms with E-state index in [9.17, 15) is 4.79 Å². The topological polar surface area (TPSA) is 44.7 Å². The van der Waals surface area contributed by atoms with Crippen LogP contribution in [-0.2, 0) is 19.5 Å². The number of hydrogen-bond acceptors (Lipinski definition) is 3. The number of rotatable bonds is 5. The van der Waals surface area contributed by atoms with E-state index in [-0.39, 0.29) is 5.91 Å². The van der Waals surface area contributed by atoms with Crippen molar-refractivity contribution in [3.05, 3.63) is 106 Å². The lowest BCUT2D eigenvalue weighted by Crippen LogP contribution is -2.30. The van der Waals surface area contributed by atoms with Gasteiger partial charge in [0, 0.05) is 25.2 Å². The van der Waals surface area contributed by atoms with Crippen LogP contribution in [0.5, 0.6) is 0 Å². The number of carbonyl (C=O) groups excluding carboxylic acids is 1. The van der Waals surface area contributed by atoms with E-state index in [1.165, 1.54) is 16.7 Å². The molecule has 146 valence electrons. The smallest absolute Gasteiger partial charge is 0.271 e. The van der Waals surface area contributed by atoms with Crippen LogP contribution in [0.25, 0.3) is 0 Å². The van der Waals surface area contributed by atoms with E-state index >= 15 is 0 Å². The number of fused-ring (bicyclic) bond motifs is 1. The van der Waals surface area contributed by atoms with E-state index in [1.54, 1.807) is 6.21 Å². The molecule has 0 saturated carbocycles. The van der Waals surface area contributed by atoms with Gasteiger partial charge in [0.05, 0.1) is 6.21 Å². The Morgan fingerprint density at radius 2 is 1.83 bits per heavy atom. The summed E-state index contributed by atoms with van der Waals surface area (Å²) in [5, 5.41) is 4.06. The standard InChI is InChI=1S/C25H25N3O/c1-19-5-4-6-21(15-19)16-26-27-25(29)23-11-9-20(10-12-23)17-28-14-13-22-7-2-3-8-24(22)18-28/h2-12,15-16H,13-14,17-18H2,1H3,(H,27,29)/b26-16-. The first kappa shape index (κ1) is 19.1. The third-order valence-corrected chi connectivity index (χ3v) is 5.25. The number of nitrogens with one attached hydrogen (secondary N) is 1. The fourth-order valence-electron chi connectivity index (χ4n) is 3.69. The molecule has 4 heteroatoms. The van der Waals surface area contributed by atoms with Gasteiger partial charge in [0.25, 0.3) is 5.91 Å². The summed E-state index contributed by atoms with van der Waals surface area (Å²) < 4.78 is 0.